The summed E-state index contributed by atoms with van der Waals surface area (Å²) in [4.78, 5) is 14.1. The molecule has 4 aliphatic carbocycles. The monoisotopic (exact) mass is 804 g/mol. The Hall–Kier alpha value is -1.43. The zero-order valence-corrected chi connectivity index (χ0v) is 31.8. The summed E-state index contributed by atoms with van der Waals surface area (Å²) < 4.78 is 35.6. The number of esters is 1. The largest absolute Gasteiger partial charge is 0.432 e. The fraction of sp³-hybridized carbons (Fsp3) is 0.921. The van der Waals surface area contributed by atoms with Gasteiger partial charge in [-0.15, -0.1) is 0 Å². The summed E-state index contributed by atoms with van der Waals surface area (Å²) in [6.07, 6.45) is -17.8. The number of fused-ring (bicyclic) bond motifs is 3. The van der Waals surface area contributed by atoms with Gasteiger partial charge >= 0.3 is 5.97 Å². The van der Waals surface area contributed by atoms with E-state index in [1.54, 1.807) is 0 Å². The van der Waals surface area contributed by atoms with Crippen LogP contribution in [0.2, 0.25) is 0 Å². The number of hydrogen-bond donors (Lipinski definition) is 11. The summed E-state index contributed by atoms with van der Waals surface area (Å²) in [5, 5.41) is 114. The van der Waals surface area contributed by atoms with Crippen LogP contribution in [0, 0.1) is 28.1 Å². The first-order chi connectivity index (χ1) is 26.4. The van der Waals surface area contributed by atoms with Crippen molar-refractivity contribution in [1.29, 1.82) is 0 Å². The van der Waals surface area contributed by atoms with Crippen molar-refractivity contribution in [3.05, 3.63) is 12.2 Å². The molecule has 0 aromatic carbocycles. The molecule has 0 aromatic rings. The highest BCUT2D eigenvalue weighted by Gasteiger charge is 2.69. The molecule has 56 heavy (non-hydrogen) atoms. The fourth-order valence-electron chi connectivity index (χ4n) is 12.0. The average Bonchev–Trinajstić information content (AvgIpc) is 3.37. The zero-order valence-electron chi connectivity index (χ0n) is 31.8. The van der Waals surface area contributed by atoms with Gasteiger partial charge in [0, 0.05) is 0 Å². The predicted molar refractivity (Wildman–Crippen MR) is 186 cm³/mol. The Bertz CT molecular complexity index is 1450. The maximum absolute atomic E-state index is 14.1. The average molecular weight is 805 g/mol. The molecule has 0 amide bonds. The molecule has 18 nitrogen and oxygen atoms in total. The molecule has 0 radical (unpaired) electrons. The third-order valence-electron chi connectivity index (χ3n) is 15.0. The van der Waals surface area contributed by atoms with Gasteiger partial charge in [-0.05, 0) is 86.5 Å². The molecule has 21 atom stereocenters. The minimum Gasteiger partial charge on any atom is -0.432 e. The van der Waals surface area contributed by atoms with E-state index in [2.05, 4.69) is 13.5 Å². The van der Waals surface area contributed by atoms with Crippen LogP contribution in [0.25, 0.3) is 0 Å². The van der Waals surface area contributed by atoms with E-state index >= 15 is 0 Å². The number of aliphatic hydroxyl groups excluding tert-OH is 11. The SMILES string of the molecule is C=C1C[C@@]23CC[C@@H]4[C@@](C)(CCC[C@@]4(C)C(=O)O[C@@H]4O[C@H](CO)[C@H](O)[C@H](O)[C@H]4O)[C@@H]2CC[C@]1(O[C@H]1O[C@H](CO)[C@@H](O)[C@H](O)[C@H]1O[C@@H]1O[C@H](CO)[C@@H](O)[C@H](O)[C@H]1O)C3. The Kier molecular flexibility index (Phi) is 11.9. The van der Waals surface area contributed by atoms with E-state index in [0.29, 0.717) is 44.9 Å². The van der Waals surface area contributed by atoms with Crippen molar-refractivity contribution in [2.45, 2.75) is 169 Å². The van der Waals surface area contributed by atoms with Gasteiger partial charge in [0.15, 0.2) is 12.6 Å². The van der Waals surface area contributed by atoms with Gasteiger partial charge < -0.3 is 84.6 Å². The van der Waals surface area contributed by atoms with E-state index in [1.807, 2.05) is 6.92 Å². The van der Waals surface area contributed by atoms with Crippen molar-refractivity contribution in [2.75, 3.05) is 19.8 Å². The zero-order chi connectivity index (χ0) is 40.7. The van der Waals surface area contributed by atoms with E-state index in [1.165, 1.54) is 0 Å². The molecule has 2 bridgehead atoms. The smallest absolute Gasteiger partial charge is 0.314 e. The van der Waals surface area contributed by atoms with Crippen LogP contribution < -0.4 is 0 Å². The molecular formula is C38H60O18. The molecule has 7 fully saturated rings. The second-order valence-corrected chi connectivity index (χ2v) is 18.0. The third-order valence-corrected chi connectivity index (χ3v) is 15.0. The standard InChI is InChI=1S/C38H60O18/c1-16-11-37-9-5-20-35(2,7-4-8-36(20,3)34(50)55-32-29(49)26(46)23(43)18(13-40)52-32)21(37)6-10-38(16,15-37)56-33-30(27(47)24(44)19(14-41)53-33)54-31-28(48)25(45)22(42)17(12-39)51-31/h17-33,39-49H,1,4-15H2,2-3H3/t17-,18-,19-,20-,21+,22-,23+,24-,25+,26+,27+,28-,29-,30-,31+,32+,33-,35-,36-,37-,38+/m1/s1. The normalized spacial score (nSPS) is 54.6. The van der Waals surface area contributed by atoms with E-state index in [0.717, 1.165) is 18.4 Å². The van der Waals surface area contributed by atoms with Gasteiger partial charge in [0.2, 0.25) is 6.29 Å². The first-order valence-corrected chi connectivity index (χ1v) is 19.9. The lowest BCUT2D eigenvalue weighted by Crippen LogP contribution is -2.65. The minimum absolute atomic E-state index is 0.121. The Labute approximate surface area is 324 Å². The number of carbonyl (C=O) groups excluding carboxylic acids is 1. The summed E-state index contributed by atoms with van der Waals surface area (Å²) in [5.74, 6) is -0.591. The van der Waals surface area contributed by atoms with Crippen LogP contribution in [-0.2, 0) is 33.2 Å². The van der Waals surface area contributed by atoms with Crippen molar-refractivity contribution in [3.8, 4) is 0 Å². The molecule has 320 valence electrons. The van der Waals surface area contributed by atoms with Crippen molar-refractivity contribution in [1.82, 2.24) is 0 Å². The van der Waals surface area contributed by atoms with Gasteiger partial charge in [-0.1, -0.05) is 19.9 Å². The van der Waals surface area contributed by atoms with Crippen LogP contribution in [-0.4, -0.2) is 180 Å². The van der Waals surface area contributed by atoms with Crippen LogP contribution in [0.15, 0.2) is 12.2 Å². The third kappa shape index (κ3) is 6.69. The van der Waals surface area contributed by atoms with Crippen molar-refractivity contribution < 1.29 is 89.4 Å². The van der Waals surface area contributed by atoms with E-state index < -0.39 is 129 Å². The van der Waals surface area contributed by atoms with Gasteiger partial charge in [-0.3, -0.25) is 4.79 Å². The first kappa shape index (κ1) is 42.7. The Morgan fingerprint density at radius 1 is 0.679 bits per heavy atom. The second-order valence-electron chi connectivity index (χ2n) is 18.0. The lowest BCUT2D eigenvalue weighted by Gasteiger charge is -2.64. The van der Waals surface area contributed by atoms with Gasteiger partial charge in [-0.25, -0.2) is 0 Å². The van der Waals surface area contributed by atoms with Gasteiger partial charge in [-0.2, -0.15) is 0 Å². The second kappa shape index (κ2) is 15.6. The summed E-state index contributed by atoms with van der Waals surface area (Å²) in [7, 11) is 0. The van der Waals surface area contributed by atoms with Gasteiger partial charge in [0.25, 0.3) is 0 Å². The Morgan fingerprint density at radius 2 is 1.21 bits per heavy atom. The Morgan fingerprint density at radius 3 is 1.82 bits per heavy atom. The van der Waals surface area contributed by atoms with E-state index in [9.17, 15) is 61.0 Å². The maximum Gasteiger partial charge on any atom is 0.314 e. The van der Waals surface area contributed by atoms with Crippen LogP contribution in [0.3, 0.4) is 0 Å². The highest BCUT2D eigenvalue weighted by Crippen LogP contribution is 2.73. The van der Waals surface area contributed by atoms with Crippen LogP contribution >= 0.6 is 0 Å². The molecule has 0 aromatic heterocycles. The van der Waals surface area contributed by atoms with Crippen LogP contribution in [0.1, 0.15) is 71.6 Å². The maximum atomic E-state index is 14.1. The summed E-state index contributed by atoms with van der Waals surface area (Å²) in [6.45, 7) is 6.52. The van der Waals surface area contributed by atoms with Crippen molar-refractivity contribution in [2.24, 2.45) is 28.1 Å². The Balaban J connectivity index is 1.10. The van der Waals surface area contributed by atoms with Crippen molar-refractivity contribution in [3.63, 3.8) is 0 Å². The molecule has 3 heterocycles. The molecule has 7 aliphatic rings. The first-order valence-electron chi connectivity index (χ1n) is 19.9. The van der Waals surface area contributed by atoms with E-state index in [4.69, 9.17) is 28.4 Å². The topological polar surface area (TPSA) is 295 Å². The number of ether oxygens (including phenoxy) is 6. The summed E-state index contributed by atoms with van der Waals surface area (Å²) in [5.41, 5.74) is -1.80. The molecule has 11 N–H and O–H groups in total. The number of rotatable bonds is 9. The van der Waals surface area contributed by atoms with E-state index in [-0.39, 0.29) is 22.7 Å². The molecular weight excluding hydrogens is 744 g/mol. The molecule has 7 rings (SSSR count). The molecule has 4 saturated carbocycles. The highest BCUT2D eigenvalue weighted by atomic mass is 16.8. The summed E-state index contributed by atoms with van der Waals surface area (Å²) >= 11 is 0. The molecule has 3 saturated heterocycles. The van der Waals surface area contributed by atoms with Crippen LogP contribution in [0.4, 0.5) is 0 Å². The lowest BCUT2D eigenvalue weighted by molar-refractivity contribution is -0.378. The lowest BCUT2D eigenvalue weighted by atomic mass is 9.41. The van der Waals surface area contributed by atoms with Crippen molar-refractivity contribution >= 4 is 5.97 Å². The number of hydrogen-bond acceptors (Lipinski definition) is 18. The predicted octanol–water partition coefficient (Wildman–Crippen LogP) is -2.94. The quantitative estimate of drug-likeness (QED) is 0.0631. The number of carbonyl (C=O) groups is 1. The highest BCUT2D eigenvalue weighted by molar-refractivity contribution is 5.77. The van der Waals surface area contributed by atoms with Gasteiger partial charge in [0.05, 0.1) is 30.8 Å². The van der Waals surface area contributed by atoms with Crippen LogP contribution in [0.5, 0.6) is 0 Å². The molecule has 0 unspecified atom stereocenters. The fourth-order valence-corrected chi connectivity index (χ4v) is 12.0. The summed E-state index contributed by atoms with van der Waals surface area (Å²) in [6, 6.07) is 0. The van der Waals surface area contributed by atoms with Gasteiger partial charge in [0.1, 0.15) is 73.2 Å². The minimum atomic E-state index is -1.81. The molecule has 18 heteroatoms. The molecule has 1 spiro atoms. The molecule has 3 aliphatic heterocycles. The number of aliphatic hydroxyl groups is 11.